The zero-order valence-corrected chi connectivity index (χ0v) is 8.51. The van der Waals surface area contributed by atoms with E-state index < -0.39 is 5.60 Å². The van der Waals surface area contributed by atoms with Crippen LogP contribution in [0, 0.1) is 18.3 Å². The highest BCUT2D eigenvalue weighted by molar-refractivity contribution is 5.15. The van der Waals surface area contributed by atoms with Crippen LogP contribution in [-0.4, -0.2) is 10.7 Å². The number of hydrogen-bond acceptors (Lipinski definition) is 1. The third kappa shape index (κ3) is 2.90. The summed E-state index contributed by atoms with van der Waals surface area (Å²) < 4.78 is 0. The third-order valence-electron chi connectivity index (χ3n) is 2.58. The fraction of sp³-hybridized carbons (Fsp3) is 0.667. The minimum atomic E-state index is -0.827. The van der Waals surface area contributed by atoms with Crippen LogP contribution in [0.2, 0.25) is 0 Å². The number of hydrogen-bond donors (Lipinski definition) is 1. The zero-order valence-electron chi connectivity index (χ0n) is 8.51. The highest BCUT2D eigenvalue weighted by atomic mass is 16.3. The molecule has 0 aromatic carbocycles. The molecule has 0 heterocycles. The molecule has 13 heavy (non-hydrogen) atoms. The quantitative estimate of drug-likeness (QED) is 0.518. The molecule has 1 N–H and O–H groups in total. The van der Waals surface area contributed by atoms with Gasteiger partial charge in [-0.2, -0.15) is 0 Å². The molecular weight excluding hydrogens is 160 g/mol. The first-order valence-corrected chi connectivity index (χ1v) is 4.92. The van der Waals surface area contributed by atoms with Gasteiger partial charge in [-0.1, -0.05) is 17.6 Å². The summed E-state index contributed by atoms with van der Waals surface area (Å²) in [6.45, 7) is 4.12. The first kappa shape index (κ1) is 10.3. The molecule has 1 fully saturated rings. The Kier molecular flexibility index (Phi) is 3.17. The molecule has 1 aliphatic carbocycles. The van der Waals surface area contributed by atoms with Gasteiger partial charge in [-0.25, -0.2) is 0 Å². The Bertz CT molecular complexity index is 238. The van der Waals surface area contributed by atoms with E-state index in [1.807, 2.05) is 0 Å². The van der Waals surface area contributed by atoms with E-state index in [0.717, 1.165) is 19.3 Å². The van der Waals surface area contributed by atoms with Crippen LogP contribution < -0.4 is 0 Å². The Morgan fingerprint density at radius 2 is 2.23 bits per heavy atom. The van der Waals surface area contributed by atoms with E-state index in [2.05, 4.69) is 25.8 Å². The maximum atomic E-state index is 10.0. The van der Waals surface area contributed by atoms with E-state index in [4.69, 9.17) is 6.42 Å². The second-order valence-electron chi connectivity index (χ2n) is 4.16. The predicted octanol–water partition coefficient (Wildman–Crippen LogP) is 2.51. The normalized spacial score (nSPS) is 20.2. The van der Waals surface area contributed by atoms with Gasteiger partial charge >= 0.3 is 0 Å². The van der Waals surface area contributed by atoms with Gasteiger partial charge in [0.2, 0.25) is 0 Å². The van der Waals surface area contributed by atoms with Gasteiger partial charge in [0.1, 0.15) is 5.60 Å². The monoisotopic (exact) mass is 178 g/mol. The summed E-state index contributed by atoms with van der Waals surface area (Å²) in [5.41, 5.74) is 0.460. The van der Waals surface area contributed by atoms with Gasteiger partial charge in [0.05, 0.1) is 0 Å². The van der Waals surface area contributed by atoms with Crippen LogP contribution in [0.1, 0.15) is 39.5 Å². The lowest BCUT2D eigenvalue weighted by Gasteiger charge is -2.20. The lowest BCUT2D eigenvalue weighted by molar-refractivity contribution is 0.0697. The topological polar surface area (TPSA) is 20.2 Å². The Labute approximate surface area is 80.9 Å². The van der Waals surface area contributed by atoms with Gasteiger partial charge < -0.3 is 5.11 Å². The third-order valence-corrected chi connectivity index (χ3v) is 2.58. The highest BCUT2D eigenvalue weighted by Crippen LogP contribution is 2.41. The number of aliphatic hydroxyl groups is 1. The molecule has 1 rings (SSSR count). The van der Waals surface area contributed by atoms with E-state index in [1.165, 1.54) is 5.57 Å². The number of allylic oxidation sites excluding steroid dienone is 2. The average molecular weight is 178 g/mol. The molecule has 0 radical (unpaired) electrons. The molecule has 0 aromatic heterocycles. The maximum Gasteiger partial charge on any atom is 0.128 e. The second-order valence-corrected chi connectivity index (χ2v) is 4.16. The van der Waals surface area contributed by atoms with Crippen molar-refractivity contribution in [2.75, 3.05) is 0 Å². The van der Waals surface area contributed by atoms with Crippen LogP contribution in [0.3, 0.4) is 0 Å². The first-order chi connectivity index (χ1) is 6.08. The highest BCUT2D eigenvalue weighted by Gasteiger charge is 2.41. The standard InChI is InChI=1S/C12H18O/c1-4-12(13,11-7-8-11)9-5-6-10(2)3/h1,6,11,13H,5,7-9H2,2-3H3. The zero-order chi connectivity index (χ0) is 9.90. The largest absolute Gasteiger partial charge is 0.377 e. The van der Waals surface area contributed by atoms with E-state index in [9.17, 15) is 5.11 Å². The Morgan fingerprint density at radius 3 is 2.62 bits per heavy atom. The number of rotatable bonds is 4. The molecule has 0 aliphatic heterocycles. The van der Waals surface area contributed by atoms with Gasteiger partial charge in [-0.3, -0.25) is 0 Å². The van der Waals surface area contributed by atoms with Gasteiger partial charge in [-0.05, 0) is 45.4 Å². The van der Waals surface area contributed by atoms with Crippen molar-refractivity contribution < 1.29 is 5.11 Å². The number of terminal acetylenes is 1. The molecule has 72 valence electrons. The van der Waals surface area contributed by atoms with Crippen LogP contribution in [-0.2, 0) is 0 Å². The van der Waals surface area contributed by atoms with Gasteiger partial charge in [0.25, 0.3) is 0 Å². The summed E-state index contributed by atoms with van der Waals surface area (Å²) in [5, 5.41) is 10.0. The molecule has 0 bridgehead atoms. The molecule has 0 spiro atoms. The van der Waals surface area contributed by atoms with Crippen molar-refractivity contribution in [2.24, 2.45) is 5.92 Å². The van der Waals surface area contributed by atoms with Crippen LogP contribution >= 0.6 is 0 Å². The predicted molar refractivity (Wildman–Crippen MR) is 55.2 cm³/mol. The minimum absolute atomic E-state index is 0.364. The summed E-state index contributed by atoms with van der Waals surface area (Å²) in [5.74, 6) is 2.90. The summed E-state index contributed by atoms with van der Waals surface area (Å²) in [4.78, 5) is 0. The Morgan fingerprint density at radius 1 is 1.62 bits per heavy atom. The molecule has 1 nitrogen and oxygen atoms in total. The SMILES string of the molecule is C#CC(O)(CCC=C(C)C)C1CC1. The van der Waals surface area contributed by atoms with Gasteiger partial charge in [-0.15, -0.1) is 6.42 Å². The molecule has 1 atom stereocenters. The molecule has 0 aromatic rings. The molecule has 1 aliphatic rings. The molecule has 0 amide bonds. The van der Waals surface area contributed by atoms with E-state index in [-0.39, 0.29) is 0 Å². The van der Waals surface area contributed by atoms with Crippen molar-refractivity contribution in [3.05, 3.63) is 11.6 Å². The molecule has 0 saturated heterocycles. The van der Waals surface area contributed by atoms with Crippen molar-refractivity contribution in [1.82, 2.24) is 0 Å². The summed E-state index contributed by atoms with van der Waals surface area (Å²) in [7, 11) is 0. The molecule has 1 saturated carbocycles. The Balaban J connectivity index is 2.41. The van der Waals surface area contributed by atoms with Crippen molar-refractivity contribution >= 4 is 0 Å². The van der Waals surface area contributed by atoms with Crippen LogP contribution in [0.5, 0.6) is 0 Å². The molecule has 1 heteroatoms. The fourth-order valence-corrected chi connectivity index (χ4v) is 1.54. The minimum Gasteiger partial charge on any atom is -0.377 e. The lowest BCUT2D eigenvalue weighted by Crippen LogP contribution is -2.28. The van der Waals surface area contributed by atoms with E-state index >= 15 is 0 Å². The summed E-state index contributed by atoms with van der Waals surface area (Å²) >= 11 is 0. The lowest BCUT2D eigenvalue weighted by atomic mass is 9.93. The van der Waals surface area contributed by atoms with Crippen LogP contribution in [0.4, 0.5) is 0 Å². The molecule has 1 unspecified atom stereocenters. The van der Waals surface area contributed by atoms with Crippen LogP contribution in [0.25, 0.3) is 0 Å². The van der Waals surface area contributed by atoms with Crippen molar-refractivity contribution in [1.29, 1.82) is 0 Å². The average Bonchev–Trinajstić information content (AvgIpc) is 2.85. The Hall–Kier alpha value is -0.740. The first-order valence-electron chi connectivity index (χ1n) is 4.92. The van der Waals surface area contributed by atoms with E-state index in [0.29, 0.717) is 12.3 Å². The smallest absolute Gasteiger partial charge is 0.128 e. The molecular formula is C12H18O. The van der Waals surface area contributed by atoms with Gasteiger partial charge in [0.15, 0.2) is 0 Å². The van der Waals surface area contributed by atoms with Gasteiger partial charge in [0, 0.05) is 0 Å². The van der Waals surface area contributed by atoms with E-state index in [1.54, 1.807) is 0 Å². The van der Waals surface area contributed by atoms with Crippen molar-refractivity contribution in [2.45, 2.75) is 45.1 Å². The fourth-order valence-electron chi connectivity index (χ4n) is 1.54. The summed E-state index contributed by atoms with van der Waals surface area (Å²) in [6, 6.07) is 0. The second kappa shape index (κ2) is 3.98. The van der Waals surface area contributed by atoms with Crippen LogP contribution in [0.15, 0.2) is 11.6 Å². The van der Waals surface area contributed by atoms with Crippen molar-refractivity contribution in [3.8, 4) is 12.3 Å². The summed E-state index contributed by atoms with van der Waals surface area (Å²) in [6.07, 6.45) is 11.3. The maximum absolute atomic E-state index is 10.0. The van der Waals surface area contributed by atoms with Crippen molar-refractivity contribution in [3.63, 3.8) is 0 Å².